The third-order valence-electron chi connectivity index (χ3n) is 4.52. The molecular formula is C19H18N4O2. The van der Waals surface area contributed by atoms with Crippen LogP contribution < -0.4 is 0 Å². The molecule has 4 rings (SSSR count). The van der Waals surface area contributed by atoms with E-state index in [0.29, 0.717) is 36.9 Å². The Kier molecular flexibility index (Phi) is 4.01. The van der Waals surface area contributed by atoms with Crippen LogP contribution in [-0.4, -0.2) is 32.5 Å². The highest BCUT2D eigenvalue weighted by molar-refractivity contribution is 5.79. The predicted molar refractivity (Wildman–Crippen MR) is 91.5 cm³/mol. The number of carbonyl (C=O) groups excluding carboxylic acids is 1. The van der Waals surface area contributed by atoms with Crippen molar-refractivity contribution < 1.29 is 9.32 Å². The summed E-state index contributed by atoms with van der Waals surface area (Å²) in [5, 5.41) is 4.00. The number of pyridine rings is 1. The Morgan fingerprint density at radius 3 is 2.84 bits per heavy atom. The van der Waals surface area contributed by atoms with Crippen LogP contribution in [0.15, 0.2) is 53.2 Å². The maximum Gasteiger partial charge on any atom is 0.232 e. The zero-order chi connectivity index (χ0) is 17.2. The normalized spacial score (nSPS) is 17.2. The lowest BCUT2D eigenvalue weighted by Crippen LogP contribution is -2.24. The summed E-state index contributed by atoms with van der Waals surface area (Å²) in [5.74, 6) is 1.01. The molecule has 1 aliphatic rings. The van der Waals surface area contributed by atoms with Crippen molar-refractivity contribution in [1.82, 2.24) is 20.0 Å². The smallest absolute Gasteiger partial charge is 0.232 e. The van der Waals surface area contributed by atoms with E-state index in [4.69, 9.17) is 4.52 Å². The lowest BCUT2D eigenvalue weighted by Gasteiger charge is -2.17. The van der Waals surface area contributed by atoms with E-state index in [-0.39, 0.29) is 11.8 Å². The molecule has 6 nitrogen and oxygen atoms in total. The Morgan fingerprint density at radius 2 is 2.04 bits per heavy atom. The van der Waals surface area contributed by atoms with E-state index in [0.717, 1.165) is 5.56 Å². The minimum atomic E-state index is -0.0681. The number of amides is 1. The number of aromatic nitrogens is 3. The first-order valence-corrected chi connectivity index (χ1v) is 8.28. The highest BCUT2D eigenvalue weighted by Crippen LogP contribution is 2.29. The monoisotopic (exact) mass is 334 g/mol. The van der Waals surface area contributed by atoms with Crippen molar-refractivity contribution in [3.63, 3.8) is 0 Å². The van der Waals surface area contributed by atoms with Crippen molar-refractivity contribution in [2.24, 2.45) is 0 Å². The number of hydrogen-bond donors (Lipinski definition) is 0. The van der Waals surface area contributed by atoms with Crippen LogP contribution in [0.25, 0.3) is 11.5 Å². The van der Waals surface area contributed by atoms with Crippen LogP contribution in [0.2, 0.25) is 0 Å². The highest BCUT2D eigenvalue weighted by Gasteiger charge is 2.34. The van der Waals surface area contributed by atoms with Gasteiger partial charge in [0.2, 0.25) is 17.6 Å². The highest BCUT2D eigenvalue weighted by atomic mass is 16.5. The van der Waals surface area contributed by atoms with Crippen LogP contribution in [0, 0.1) is 6.92 Å². The second-order valence-corrected chi connectivity index (χ2v) is 6.27. The largest absolute Gasteiger partial charge is 0.339 e. The minimum Gasteiger partial charge on any atom is -0.339 e. The third kappa shape index (κ3) is 3.15. The van der Waals surface area contributed by atoms with Gasteiger partial charge >= 0.3 is 0 Å². The average molecular weight is 334 g/mol. The standard InChI is InChI=1S/C19H18N4O2/c1-13-6-2-3-7-14(13)11-23-12-15(10-17(23)24)19-21-18(22-25-19)16-8-4-5-9-20-16/h2-9,15H,10-12H2,1H3. The molecule has 126 valence electrons. The number of likely N-dealkylation sites (tertiary alicyclic amines) is 1. The van der Waals surface area contributed by atoms with Crippen molar-refractivity contribution in [3.8, 4) is 11.5 Å². The molecule has 1 atom stereocenters. The molecule has 1 aliphatic heterocycles. The molecule has 3 aromatic rings. The molecule has 1 unspecified atom stereocenters. The third-order valence-corrected chi connectivity index (χ3v) is 4.52. The van der Waals surface area contributed by atoms with E-state index >= 15 is 0 Å². The van der Waals surface area contributed by atoms with Gasteiger partial charge in [0, 0.05) is 25.7 Å². The molecule has 0 saturated carbocycles. The molecule has 2 aromatic heterocycles. The predicted octanol–water partition coefficient (Wildman–Crippen LogP) is 2.96. The molecule has 0 spiro atoms. The van der Waals surface area contributed by atoms with Gasteiger partial charge in [-0.25, -0.2) is 0 Å². The molecule has 1 aromatic carbocycles. The van der Waals surface area contributed by atoms with Gasteiger partial charge in [-0.2, -0.15) is 4.98 Å². The van der Waals surface area contributed by atoms with E-state index in [1.165, 1.54) is 5.56 Å². The summed E-state index contributed by atoms with van der Waals surface area (Å²) in [5.41, 5.74) is 3.02. The summed E-state index contributed by atoms with van der Waals surface area (Å²) >= 11 is 0. The number of carbonyl (C=O) groups is 1. The van der Waals surface area contributed by atoms with Gasteiger partial charge in [-0.15, -0.1) is 0 Å². The van der Waals surface area contributed by atoms with Gasteiger partial charge in [0.05, 0.1) is 5.92 Å². The Hall–Kier alpha value is -3.02. The lowest BCUT2D eigenvalue weighted by molar-refractivity contribution is -0.128. The van der Waals surface area contributed by atoms with Gasteiger partial charge in [-0.05, 0) is 30.2 Å². The fourth-order valence-corrected chi connectivity index (χ4v) is 3.08. The van der Waals surface area contributed by atoms with Crippen molar-refractivity contribution in [2.75, 3.05) is 6.54 Å². The van der Waals surface area contributed by atoms with Crippen molar-refractivity contribution in [3.05, 3.63) is 65.7 Å². The molecule has 0 aliphatic carbocycles. The molecule has 3 heterocycles. The Bertz CT molecular complexity index is 891. The van der Waals surface area contributed by atoms with E-state index in [1.54, 1.807) is 6.20 Å². The van der Waals surface area contributed by atoms with Crippen LogP contribution in [0.4, 0.5) is 0 Å². The molecule has 0 N–H and O–H groups in total. The van der Waals surface area contributed by atoms with Crippen LogP contribution in [-0.2, 0) is 11.3 Å². The minimum absolute atomic E-state index is 0.0681. The Morgan fingerprint density at radius 1 is 1.20 bits per heavy atom. The molecule has 6 heteroatoms. The summed E-state index contributed by atoms with van der Waals surface area (Å²) in [6, 6.07) is 13.7. The maximum atomic E-state index is 12.4. The zero-order valence-electron chi connectivity index (χ0n) is 13.9. The van der Waals surface area contributed by atoms with Gasteiger partial charge in [0.1, 0.15) is 5.69 Å². The molecule has 25 heavy (non-hydrogen) atoms. The summed E-state index contributed by atoms with van der Waals surface area (Å²) in [6.45, 7) is 3.27. The first-order chi connectivity index (χ1) is 12.2. The molecule has 1 saturated heterocycles. The molecule has 0 radical (unpaired) electrons. The Balaban J connectivity index is 1.49. The summed E-state index contributed by atoms with van der Waals surface area (Å²) in [6.07, 6.45) is 2.09. The molecular weight excluding hydrogens is 316 g/mol. The van der Waals surface area contributed by atoms with Crippen LogP contribution >= 0.6 is 0 Å². The van der Waals surface area contributed by atoms with Crippen molar-refractivity contribution in [1.29, 1.82) is 0 Å². The summed E-state index contributed by atoms with van der Waals surface area (Å²) in [7, 11) is 0. The van der Waals surface area contributed by atoms with Crippen LogP contribution in [0.5, 0.6) is 0 Å². The van der Waals surface area contributed by atoms with E-state index in [1.807, 2.05) is 35.2 Å². The van der Waals surface area contributed by atoms with Gasteiger partial charge in [-0.3, -0.25) is 9.78 Å². The molecule has 0 bridgehead atoms. The first kappa shape index (κ1) is 15.5. The Labute approximate surface area is 145 Å². The quantitative estimate of drug-likeness (QED) is 0.733. The second kappa shape index (κ2) is 6.47. The van der Waals surface area contributed by atoms with Crippen LogP contribution in [0.1, 0.15) is 29.4 Å². The number of nitrogens with zero attached hydrogens (tertiary/aromatic N) is 4. The van der Waals surface area contributed by atoms with E-state index in [2.05, 4.69) is 34.2 Å². The zero-order valence-corrected chi connectivity index (χ0v) is 13.9. The molecule has 1 fully saturated rings. The SMILES string of the molecule is Cc1ccccc1CN1CC(c2nc(-c3ccccn3)no2)CC1=O. The first-order valence-electron chi connectivity index (χ1n) is 8.28. The number of aryl methyl sites for hydroxylation is 1. The number of rotatable bonds is 4. The fourth-order valence-electron chi connectivity index (χ4n) is 3.08. The summed E-state index contributed by atoms with van der Waals surface area (Å²) in [4.78, 5) is 22.9. The van der Waals surface area contributed by atoms with Crippen LogP contribution in [0.3, 0.4) is 0 Å². The number of hydrogen-bond acceptors (Lipinski definition) is 5. The van der Waals surface area contributed by atoms with E-state index < -0.39 is 0 Å². The van der Waals surface area contributed by atoms with Gasteiger partial charge < -0.3 is 9.42 Å². The fraction of sp³-hybridized carbons (Fsp3) is 0.263. The second-order valence-electron chi connectivity index (χ2n) is 6.27. The van der Waals surface area contributed by atoms with Crippen molar-refractivity contribution in [2.45, 2.75) is 25.8 Å². The lowest BCUT2D eigenvalue weighted by atomic mass is 10.1. The maximum absolute atomic E-state index is 12.4. The van der Waals surface area contributed by atoms with E-state index in [9.17, 15) is 4.79 Å². The van der Waals surface area contributed by atoms with Gasteiger partial charge in [0.15, 0.2) is 0 Å². The number of benzene rings is 1. The van der Waals surface area contributed by atoms with Crippen molar-refractivity contribution >= 4 is 5.91 Å². The van der Waals surface area contributed by atoms with Gasteiger partial charge in [0.25, 0.3) is 0 Å². The topological polar surface area (TPSA) is 72.1 Å². The average Bonchev–Trinajstić information content (AvgIpc) is 3.25. The molecule has 1 amide bonds. The summed E-state index contributed by atoms with van der Waals surface area (Å²) < 4.78 is 5.39. The van der Waals surface area contributed by atoms with Gasteiger partial charge in [-0.1, -0.05) is 35.5 Å².